The maximum Gasteiger partial charge on any atom is 0.252 e. The van der Waals surface area contributed by atoms with Crippen molar-refractivity contribution in [1.82, 2.24) is 0 Å². The quantitative estimate of drug-likeness (QED) is 0.835. The van der Waals surface area contributed by atoms with Gasteiger partial charge in [0.05, 0.1) is 5.56 Å². The minimum atomic E-state index is -0.577. The molecule has 0 aliphatic heterocycles. The van der Waals surface area contributed by atoms with Crippen molar-refractivity contribution in [1.29, 1.82) is 0 Å². The SMILES string of the molecule is NC(=O)c1ccc(N)cc1Oc1cccc(Cl)c1. The average molecular weight is 263 g/mol. The molecule has 0 fully saturated rings. The van der Waals surface area contributed by atoms with Gasteiger partial charge in [-0.1, -0.05) is 17.7 Å². The predicted molar refractivity (Wildman–Crippen MR) is 70.9 cm³/mol. The van der Waals surface area contributed by atoms with E-state index in [9.17, 15) is 4.79 Å². The van der Waals surface area contributed by atoms with Crippen LogP contribution < -0.4 is 16.2 Å². The zero-order valence-electron chi connectivity index (χ0n) is 9.39. The van der Waals surface area contributed by atoms with Crippen molar-refractivity contribution < 1.29 is 9.53 Å². The normalized spacial score (nSPS) is 10.1. The number of halogens is 1. The van der Waals surface area contributed by atoms with E-state index in [4.69, 9.17) is 27.8 Å². The van der Waals surface area contributed by atoms with Crippen LogP contribution in [0.15, 0.2) is 42.5 Å². The maximum atomic E-state index is 11.3. The summed E-state index contributed by atoms with van der Waals surface area (Å²) in [5.74, 6) is 0.243. The van der Waals surface area contributed by atoms with E-state index in [0.717, 1.165) is 0 Å². The van der Waals surface area contributed by atoms with Gasteiger partial charge in [-0.3, -0.25) is 4.79 Å². The highest BCUT2D eigenvalue weighted by atomic mass is 35.5. The Kier molecular flexibility index (Phi) is 3.39. The number of nitrogens with two attached hydrogens (primary N) is 2. The molecule has 0 saturated carbocycles. The van der Waals surface area contributed by atoms with Crippen molar-refractivity contribution in [3.63, 3.8) is 0 Å². The highest BCUT2D eigenvalue weighted by molar-refractivity contribution is 6.30. The largest absolute Gasteiger partial charge is 0.456 e. The highest BCUT2D eigenvalue weighted by Crippen LogP contribution is 2.28. The molecule has 0 saturated heterocycles. The summed E-state index contributed by atoms with van der Waals surface area (Å²) in [5.41, 5.74) is 11.7. The molecular formula is C13H11ClN2O2. The second kappa shape index (κ2) is 4.98. The molecule has 0 aromatic heterocycles. The fourth-order valence-corrected chi connectivity index (χ4v) is 1.66. The lowest BCUT2D eigenvalue weighted by Crippen LogP contribution is -2.12. The van der Waals surface area contributed by atoms with Gasteiger partial charge in [0, 0.05) is 16.8 Å². The number of carbonyl (C=O) groups is 1. The fourth-order valence-electron chi connectivity index (χ4n) is 1.48. The van der Waals surface area contributed by atoms with Gasteiger partial charge in [0.15, 0.2) is 0 Å². The van der Waals surface area contributed by atoms with E-state index < -0.39 is 5.91 Å². The summed E-state index contributed by atoms with van der Waals surface area (Å²) >= 11 is 5.85. The van der Waals surface area contributed by atoms with E-state index in [2.05, 4.69) is 0 Å². The van der Waals surface area contributed by atoms with Crippen LogP contribution in [0, 0.1) is 0 Å². The number of amides is 1. The first-order valence-electron chi connectivity index (χ1n) is 5.19. The van der Waals surface area contributed by atoms with Gasteiger partial charge in [0.25, 0.3) is 5.91 Å². The zero-order chi connectivity index (χ0) is 13.1. The molecule has 0 spiro atoms. The van der Waals surface area contributed by atoms with Gasteiger partial charge >= 0.3 is 0 Å². The number of nitrogen functional groups attached to an aromatic ring is 1. The zero-order valence-corrected chi connectivity index (χ0v) is 10.1. The molecule has 2 aromatic rings. The Morgan fingerprint density at radius 1 is 1.17 bits per heavy atom. The van der Waals surface area contributed by atoms with Crippen LogP contribution in [-0.4, -0.2) is 5.91 Å². The molecule has 0 heterocycles. The van der Waals surface area contributed by atoms with Crippen molar-refractivity contribution in [3.05, 3.63) is 53.1 Å². The second-order valence-electron chi connectivity index (χ2n) is 3.68. The molecule has 0 aliphatic rings. The van der Waals surface area contributed by atoms with E-state index in [1.807, 2.05) is 0 Å². The Morgan fingerprint density at radius 2 is 1.94 bits per heavy atom. The van der Waals surface area contributed by atoms with Crippen LogP contribution in [0.4, 0.5) is 5.69 Å². The standard InChI is InChI=1S/C13H11ClN2O2/c14-8-2-1-3-10(6-8)18-12-7-9(15)4-5-11(12)13(16)17/h1-7H,15H2,(H2,16,17). The lowest BCUT2D eigenvalue weighted by molar-refractivity contribution is 0.0998. The molecular weight excluding hydrogens is 252 g/mol. The number of hydrogen-bond donors (Lipinski definition) is 2. The Balaban J connectivity index is 2.39. The van der Waals surface area contributed by atoms with Crippen molar-refractivity contribution in [2.45, 2.75) is 0 Å². The monoisotopic (exact) mass is 262 g/mol. The molecule has 2 aromatic carbocycles. The molecule has 0 atom stereocenters. The van der Waals surface area contributed by atoms with Crippen molar-refractivity contribution in [3.8, 4) is 11.5 Å². The minimum absolute atomic E-state index is 0.268. The molecule has 5 heteroatoms. The Hall–Kier alpha value is -2.20. The number of hydrogen-bond acceptors (Lipinski definition) is 3. The minimum Gasteiger partial charge on any atom is -0.456 e. The molecule has 4 nitrogen and oxygen atoms in total. The van der Waals surface area contributed by atoms with Crippen LogP contribution in [0.25, 0.3) is 0 Å². The number of benzene rings is 2. The Morgan fingerprint density at radius 3 is 2.61 bits per heavy atom. The first kappa shape index (κ1) is 12.3. The maximum absolute atomic E-state index is 11.3. The third-order valence-electron chi connectivity index (χ3n) is 2.30. The lowest BCUT2D eigenvalue weighted by atomic mass is 10.1. The first-order valence-corrected chi connectivity index (χ1v) is 5.57. The lowest BCUT2D eigenvalue weighted by Gasteiger charge is -2.10. The predicted octanol–water partition coefficient (Wildman–Crippen LogP) is 2.81. The van der Waals surface area contributed by atoms with Gasteiger partial charge < -0.3 is 16.2 Å². The van der Waals surface area contributed by atoms with Gasteiger partial charge in [0.2, 0.25) is 0 Å². The molecule has 0 bridgehead atoms. The van der Waals surface area contributed by atoms with Crippen molar-refractivity contribution >= 4 is 23.2 Å². The summed E-state index contributed by atoms with van der Waals surface area (Å²) in [7, 11) is 0. The molecule has 0 unspecified atom stereocenters. The second-order valence-corrected chi connectivity index (χ2v) is 4.12. The Labute approximate surface area is 109 Å². The molecule has 92 valence electrons. The van der Waals surface area contributed by atoms with E-state index in [-0.39, 0.29) is 5.56 Å². The number of rotatable bonds is 3. The van der Waals surface area contributed by atoms with E-state index in [1.165, 1.54) is 6.07 Å². The average Bonchev–Trinajstić information content (AvgIpc) is 2.28. The van der Waals surface area contributed by atoms with E-state index >= 15 is 0 Å². The summed E-state index contributed by atoms with van der Waals surface area (Å²) < 4.78 is 5.57. The summed E-state index contributed by atoms with van der Waals surface area (Å²) in [6, 6.07) is 11.5. The van der Waals surface area contributed by atoms with E-state index in [0.29, 0.717) is 22.2 Å². The molecule has 0 radical (unpaired) electrons. The number of anilines is 1. The number of carbonyl (C=O) groups excluding carboxylic acids is 1. The molecule has 2 rings (SSSR count). The summed E-state index contributed by atoms with van der Waals surface area (Å²) in [6.07, 6.45) is 0. The van der Waals surface area contributed by atoms with Crippen LogP contribution in [0.5, 0.6) is 11.5 Å². The van der Waals surface area contributed by atoms with Crippen LogP contribution in [0.1, 0.15) is 10.4 Å². The molecule has 4 N–H and O–H groups in total. The molecule has 1 amide bonds. The van der Waals surface area contributed by atoms with Gasteiger partial charge in [0.1, 0.15) is 11.5 Å². The summed E-state index contributed by atoms with van der Waals surface area (Å²) in [4.78, 5) is 11.3. The number of primary amides is 1. The summed E-state index contributed by atoms with van der Waals surface area (Å²) in [5, 5.41) is 0.539. The fraction of sp³-hybridized carbons (Fsp3) is 0. The molecule has 0 aliphatic carbocycles. The first-order chi connectivity index (χ1) is 8.56. The third kappa shape index (κ3) is 2.73. The van der Waals surface area contributed by atoms with Crippen molar-refractivity contribution in [2.75, 3.05) is 5.73 Å². The van der Waals surface area contributed by atoms with E-state index in [1.54, 1.807) is 36.4 Å². The van der Waals surface area contributed by atoms with Gasteiger partial charge in [-0.2, -0.15) is 0 Å². The third-order valence-corrected chi connectivity index (χ3v) is 2.53. The van der Waals surface area contributed by atoms with Gasteiger partial charge in [-0.25, -0.2) is 0 Å². The highest BCUT2D eigenvalue weighted by Gasteiger charge is 2.10. The number of ether oxygens (including phenoxy) is 1. The molecule has 18 heavy (non-hydrogen) atoms. The van der Waals surface area contributed by atoms with Crippen LogP contribution in [0.2, 0.25) is 5.02 Å². The smallest absolute Gasteiger partial charge is 0.252 e. The van der Waals surface area contributed by atoms with Crippen LogP contribution >= 0.6 is 11.6 Å². The van der Waals surface area contributed by atoms with Gasteiger partial charge in [-0.15, -0.1) is 0 Å². The van der Waals surface area contributed by atoms with Crippen LogP contribution in [-0.2, 0) is 0 Å². The topological polar surface area (TPSA) is 78.3 Å². The van der Waals surface area contributed by atoms with Crippen LogP contribution in [0.3, 0.4) is 0 Å². The van der Waals surface area contributed by atoms with Gasteiger partial charge in [-0.05, 0) is 30.3 Å². The van der Waals surface area contributed by atoms with Crippen molar-refractivity contribution in [2.24, 2.45) is 5.73 Å². The Bertz CT molecular complexity index is 599. The summed E-state index contributed by atoms with van der Waals surface area (Å²) in [6.45, 7) is 0.